The van der Waals surface area contributed by atoms with Crippen LogP contribution in [0, 0.1) is 0 Å². The Morgan fingerprint density at radius 1 is 1.60 bits per heavy atom. The monoisotopic (exact) mass is 208 g/mol. The first-order valence-corrected chi connectivity index (χ1v) is 4.80. The number of rotatable bonds is 3. The van der Waals surface area contributed by atoms with E-state index in [1.54, 1.807) is 6.20 Å². The number of methoxy groups -OCH3 is 1. The van der Waals surface area contributed by atoms with Crippen molar-refractivity contribution in [2.45, 2.75) is 12.8 Å². The number of likely N-dealkylation sites (N-methyl/N-ethyl adjacent to an activating group) is 1. The maximum absolute atomic E-state index is 11.0. The van der Waals surface area contributed by atoms with Crippen LogP contribution in [0.3, 0.4) is 0 Å². The van der Waals surface area contributed by atoms with Gasteiger partial charge >= 0.3 is 5.97 Å². The standard InChI is InChI=1S/C11H16N2O2/c1-13(2)10-6-4-5-9(12-8-10)7-11(14)15-3/h4,6,8H,5,7H2,1-3H3. The average Bonchev–Trinajstić information content (AvgIpc) is 2.43. The zero-order valence-electron chi connectivity index (χ0n) is 9.36. The molecule has 0 aromatic heterocycles. The highest BCUT2D eigenvalue weighted by molar-refractivity contribution is 6.00. The number of allylic oxidation sites excluding steroid dienone is 2. The number of hydrogen-bond acceptors (Lipinski definition) is 4. The van der Waals surface area contributed by atoms with Crippen LogP contribution in [0.2, 0.25) is 0 Å². The molecule has 0 aliphatic carbocycles. The van der Waals surface area contributed by atoms with E-state index in [2.05, 4.69) is 9.73 Å². The van der Waals surface area contributed by atoms with Gasteiger partial charge in [-0.25, -0.2) is 0 Å². The smallest absolute Gasteiger partial charge is 0.311 e. The number of aliphatic imine (C=N–C) groups is 1. The molecule has 1 aliphatic heterocycles. The molecular formula is C11H16N2O2. The Hall–Kier alpha value is -1.58. The zero-order chi connectivity index (χ0) is 11.3. The molecule has 0 bridgehead atoms. The molecular weight excluding hydrogens is 192 g/mol. The van der Waals surface area contributed by atoms with E-state index in [9.17, 15) is 4.79 Å². The number of carbonyl (C=O) groups is 1. The Balaban J connectivity index is 2.70. The van der Waals surface area contributed by atoms with Gasteiger partial charge < -0.3 is 9.64 Å². The molecule has 1 aliphatic rings. The summed E-state index contributed by atoms with van der Waals surface area (Å²) < 4.78 is 4.59. The summed E-state index contributed by atoms with van der Waals surface area (Å²) in [7, 11) is 5.30. The van der Waals surface area contributed by atoms with Crippen LogP contribution in [0.25, 0.3) is 0 Å². The SMILES string of the molecule is COC(=O)CC1=NC=C(N(C)C)C=CC1. The van der Waals surface area contributed by atoms with Gasteiger partial charge in [0, 0.05) is 26.2 Å². The van der Waals surface area contributed by atoms with Crippen LogP contribution in [0.1, 0.15) is 12.8 Å². The molecule has 0 aromatic rings. The van der Waals surface area contributed by atoms with E-state index < -0.39 is 0 Å². The number of carbonyl (C=O) groups excluding carboxylic acids is 1. The molecule has 4 heteroatoms. The van der Waals surface area contributed by atoms with E-state index in [0.29, 0.717) is 6.42 Å². The van der Waals surface area contributed by atoms with Crippen molar-refractivity contribution < 1.29 is 9.53 Å². The predicted molar refractivity (Wildman–Crippen MR) is 59.6 cm³/mol. The third kappa shape index (κ3) is 3.58. The summed E-state index contributed by atoms with van der Waals surface area (Å²) in [6.45, 7) is 0. The van der Waals surface area contributed by atoms with E-state index in [1.165, 1.54) is 7.11 Å². The van der Waals surface area contributed by atoms with Crippen LogP contribution in [0.5, 0.6) is 0 Å². The van der Waals surface area contributed by atoms with Crippen LogP contribution < -0.4 is 0 Å². The molecule has 1 heterocycles. The lowest BCUT2D eigenvalue weighted by molar-refractivity contribution is -0.139. The molecule has 0 spiro atoms. The van der Waals surface area contributed by atoms with Gasteiger partial charge in [0.2, 0.25) is 0 Å². The largest absolute Gasteiger partial charge is 0.469 e. The minimum Gasteiger partial charge on any atom is -0.469 e. The average molecular weight is 208 g/mol. The molecule has 0 amide bonds. The normalized spacial score (nSPS) is 15.1. The highest BCUT2D eigenvalue weighted by atomic mass is 16.5. The van der Waals surface area contributed by atoms with Crippen molar-refractivity contribution in [3.05, 3.63) is 24.0 Å². The first-order valence-electron chi connectivity index (χ1n) is 4.80. The Labute approximate surface area is 89.9 Å². The molecule has 82 valence electrons. The molecule has 0 N–H and O–H groups in total. The van der Waals surface area contributed by atoms with Crippen molar-refractivity contribution in [2.75, 3.05) is 21.2 Å². The number of ether oxygens (including phenoxy) is 1. The Morgan fingerprint density at radius 2 is 2.33 bits per heavy atom. The summed E-state index contributed by atoms with van der Waals surface area (Å²) >= 11 is 0. The summed E-state index contributed by atoms with van der Waals surface area (Å²) in [4.78, 5) is 17.3. The van der Waals surface area contributed by atoms with Crippen molar-refractivity contribution in [3.63, 3.8) is 0 Å². The lowest BCUT2D eigenvalue weighted by Gasteiger charge is -2.11. The molecule has 15 heavy (non-hydrogen) atoms. The van der Waals surface area contributed by atoms with E-state index in [1.807, 2.05) is 31.1 Å². The van der Waals surface area contributed by atoms with Gasteiger partial charge in [-0.15, -0.1) is 0 Å². The second kappa shape index (κ2) is 5.34. The van der Waals surface area contributed by atoms with E-state index in [0.717, 1.165) is 11.4 Å². The Bertz CT molecular complexity index is 327. The van der Waals surface area contributed by atoms with E-state index >= 15 is 0 Å². The fourth-order valence-electron chi connectivity index (χ4n) is 1.19. The van der Waals surface area contributed by atoms with Crippen molar-refractivity contribution in [2.24, 2.45) is 4.99 Å². The van der Waals surface area contributed by atoms with Crippen molar-refractivity contribution >= 4 is 11.7 Å². The maximum Gasteiger partial charge on any atom is 0.311 e. The van der Waals surface area contributed by atoms with Gasteiger partial charge in [0.05, 0.1) is 25.4 Å². The lowest BCUT2D eigenvalue weighted by atomic mass is 10.2. The topological polar surface area (TPSA) is 41.9 Å². The van der Waals surface area contributed by atoms with Gasteiger partial charge in [0.1, 0.15) is 0 Å². The molecule has 0 saturated carbocycles. The van der Waals surface area contributed by atoms with Crippen molar-refractivity contribution in [1.29, 1.82) is 0 Å². The summed E-state index contributed by atoms with van der Waals surface area (Å²) in [6.07, 6.45) is 6.72. The molecule has 0 unspecified atom stereocenters. The maximum atomic E-state index is 11.0. The number of esters is 1. The molecule has 4 nitrogen and oxygen atoms in total. The van der Waals surface area contributed by atoms with Gasteiger partial charge in [-0.2, -0.15) is 0 Å². The van der Waals surface area contributed by atoms with Gasteiger partial charge in [0.25, 0.3) is 0 Å². The number of hydrogen-bond donors (Lipinski definition) is 0. The lowest BCUT2D eigenvalue weighted by Crippen LogP contribution is -2.08. The molecule has 0 atom stereocenters. The van der Waals surface area contributed by atoms with Crippen LogP contribution >= 0.6 is 0 Å². The summed E-state index contributed by atoms with van der Waals surface area (Å²) in [5, 5.41) is 0. The quantitative estimate of drug-likeness (QED) is 0.657. The zero-order valence-corrected chi connectivity index (χ0v) is 9.36. The minimum atomic E-state index is -0.246. The molecule has 0 aromatic carbocycles. The Kier molecular flexibility index (Phi) is 4.09. The molecule has 1 rings (SSSR count). The van der Waals surface area contributed by atoms with Crippen LogP contribution in [0.15, 0.2) is 29.0 Å². The van der Waals surface area contributed by atoms with Crippen LogP contribution in [-0.4, -0.2) is 37.8 Å². The van der Waals surface area contributed by atoms with Gasteiger partial charge in [0.15, 0.2) is 0 Å². The van der Waals surface area contributed by atoms with Crippen LogP contribution in [0.4, 0.5) is 0 Å². The minimum absolute atomic E-state index is 0.246. The number of nitrogens with zero attached hydrogens (tertiary/aromatic N) is 2. The highest BCUT2D eigenvalue weighted by Crippen LogP contribution is 2.09. The van der Waals surface area contributed by atoms with Gasteiger partial charge in [-0.05, 0) is 6.08 Å². The summed E-state index contributed by atoms with van der Waals surface area (Å²) in [6, 6.07) is 0. The first kappa shape index (κ1) is 11.5. The summed E-state index contributed by atoms with van der Waals surface area (Å²) in [5.74, 6) is -0.246. The fraction of sp³-hybridized carbons (Fsp3) is 0.455. The van der Waals surface area contributed by atoms with E-state index in [4.69, 9.17) is 0 Å². The van der Waals surface area contributed by atoms with E-state index in [-0.39, 0.29) is 12.4 Å². The summed E-state index contributed by atoms with van der Waals surface area (Å²) in [5.41, 5.74) is 1.85. The predicted octanol–water partition coefficient (Wildman–Crippen LogP) is 1.35. The van der Waals surface area contributed by atoms with Gasteiger partial charge in [-0.1, -0.05) is 6.08 Å². The molecule has 0 radical (unpaired) electrons. The third-order valence-corrected chi connectivity index (χ3v) is 2.11. The van der Waals surface area contributed by atoms with Crippen molar-refractivity contribution in [1.82, 2.24) is 4.90 Å². The second-order valence-electron chi connectivity index (χ2n) is 3.50. The molecule has 0 fully saturated rings. The van der Waals surface area contributed by atoms with Gasteiger partial charge in [-0.3, -0.25) is 9.79 Å². The fourth-order valence-corrected chi connectivity index (χ4v) is 1.19. The molecule has 0 saturated heterocycles. The third-order valence-electron chi connectivity index (χ3n) is 2.11. The first-order chi connectivity index (χ1) is 7.13. The highest BCUT2D eigenvalue weighted by Gasteiger charge is 2.07. The van der Waals surface area contributed by atoms with Crippen molar-refractivity contribution in [3.8, 4) is 0 Å². The second-order valence-corrected chi connectivity index (χ2v) is 3.50. The Morgan fingerprint density at radius 3 is 2.93 bits per heavy atom. The van der Waals surface area contributed by atoms with Crippen LogP contribution in [-0.2, 0) is 9.53 Å².